The largest absolute Gasteiger partial charge is 0.497 e. The first-order chi connectivity index (χ1) is 16.9. The maximum absolute atomic E-state index is 13.7. The molecule has 1 aromatic heterocycles. The van der Waals surface area contributed by atoms with Crippen LogP contribution in [0.15, 0.2) is 47.2 Å². The number of ether oxygens (including phenoxy) is 1. The van der Waals surface area contributed by atoms with Crippen LogP contribution < -0.4 is 15.8 Å². The van der Waals surface area contributed by atoms with Gasteiger partial charge in [-0.25, -0.2) is 0 Å². The van der Waals surface area contributed by atoms with E-state index in [-0.39, 0.29) is 29.8 Å². The molecular formula is C25H30BrN5O4. The summed E-state index contributed by atoms with van der Waals surface area (Å²) in [5.74, 6) is -0.509. The van der Waals surface area contributed by atoms with E-state index in [9.17, 15) is 14.4 Å². The van der Waals surface area contributed by atoms with Crippen LogP contribution in [-0.2, 0) is 4.79 Å². The van der Waals surface area contributed by atoms with E-state index >= 15 is 0 Å². The van der Waals surface area contributed by atoms with Gasteiger partial charge >= 0.3 is 0 Å². The molecule has 3 N–H and O–H groups in total. The van der Waals surface area contributed by atoms with E-state index in [1.807, 2.05) is 0 Å². The summed E-state index contributed by atoms with van der Waals surface area (Å²) in [4.78, 5) is 47.8. The number of nitrogens with one attached hydrogen (secondary N) is 1. The Kier molecular flexibility index (Phi) is 8.02. The molecule has 1 saturated heterocycles. The Morgan fingerprint density at radius 2 is 1.71 bits per heavy atom. The van der Waals surface area contributed by atoms with Crippen molar-refractivity contribution in [2.24, 2.45) is 5.73 Å². The fourth-order valence-electron chi connectivity index (χ4n) is 4.69. The van der Waals surface area contributed by atoms with Crippen molar-refractivity contribution < 1.29 is 19.1 Å². The molecule has 2 heterocycles. The van der Waals surface area contributed by atoms with E-state index in [1.54, 1.807) is 36.5 Å². The molecule has 1 aliphatic carbocycles. The van der Waals surface area contributed by atoms with E-state index in [4.69, 9.17) is 10.5 Å². The van der Waals surface area contributed by atoms with Crippen LogP contribution in [-0.4, -0.2) is 71.0 Å². The molecule has 1 saturated carbocycles. The quantitative estimate of drug-likeness (QED) is 0.598. The fourth-order valence-corrected chi connectivity index (χ4v) is 5.05. The highest BCUT2D eigenvalue weighted by atomic mass is 79.9. The molecule has 35 heavy (non-hydrogen) atoms. The maximum atomic E-state index is 13.7. The smallest absolute Gasteiger partial charge is 0.264 e. The van der Waals surface area contributed by atoms with Crippen molar-refractivity contribution in [1.29, 1.82) is 0 Å². The molecule has 2 aromatic rings. The number of nitrogens with two attached hydrogens (primary N) is 1. The highest BCUT2D eigenvalue weighted by Gasteiger charge is 2.41. The van der Waals surface area contributed by atoms with Gasteiger partial charge in [0.1, 0.15) is 5.75 Å². The van der Waals surface area contributed by atoms with Crippen LogP contribution in [0.25, 0.3) is 0 Å². The van der Waals surface area contributed by atoms with Crippen molar-refractivity contribution in [2.45, 2.75) is 50.4 Å². The van der Waals surface area contributed by atoms with Gasteiger partial charge < -0.3 is 25.6 Å². The lowest BCUT2D eigenvalue weighted by Gasteiger charge is -2.43. The molecule has 0 spiro atoms. The Balaban J connectivity index is 1.64. The van der Waals surface area contributed by atoms with Crippen molar-refractivity contribution in [1.82, 2.24) is 20.1 Å². The average Bonchev–Trinajstić information content (AvgIpc) is 2.88. The standard InChI is InChI=1S/C25H30BrN5O4/c1-35-21-5-2-4-16(13-21)24(33)30-10-3-11-31(25(34)17-12-18(26)15-28-14-17)23(30)22(32)29-20-8-6-19(27)7-9-20/h2,4-5,12-15,19-20,23H,3,6-11,27H2,1H3,(H,29,32). The summed E-state index contributed by atoms with van der Waals surface area (Å²) in [7, 11) is 1.53. The zero-order chi connectivity index (χ0) is 24.9. The number of hydrogen-bond acceptors (Lipinski definition) is 6. The molecule has 0 bridgehead atoms. The molecular weight excluding hydrogens is 514 g/mol. The minimum absolute atomic E-state index is 0.0394. The topological polar surface area (TPSA) is 118 Å². The van der Waals surface area contributed by atoms with Gasteiger partial charge in [0.15, 0.2) is 6.17 Å². The molecule has 9 nitrogen and oxygen atoms in total. The van der Waals surface area contributed by atoms with Gasteiger partial charge in [-0.05, 0) is 72.3 Å². The molecule has 1 atom stereocenters. The van der Waals surface area contributed by atoms with Crippen LogP contribution in [0.2, 0.25) is 0 Å². The summed E-state index contributed by atoms with van der Waals surface area (Å²) in [5.41, 5.74) is 6.76. The second kappa shape index (κ2) is 11.2. The third-order valence-corrected chi connectivity index (χ3v) is 6.97. The van der Waals surface area contributed by atoms with Gasteiger partial charge in [-0.2, -0.15) is 0 Å². The lowest BCUT2D eigenvalue weighted by molar-refractivity contribution is -0.133. The molecule has 1 aliphatic heterocycles. The van der Waals surface area contributed by atoms with E-state index < -0.39 is 6.17 Å². The summed E-state index contributed by atoms with van der Waals surface area (Å²) in [5, 5.41) is 3.08. The Hall–Kier alpha value is -2.98. The lowest BCUT2D eigenvalue weighted by atomic mass is 9.91. The van der Waals surface area contributed by atoms with Gasteiger partial charge in [-0.15, -0.1) is 0 Å². The summed E-state index contributed by atoms with van der Waals surface area (Å²) >= 11 is 3.35. The van der Waals surface area contributed by atoms with Crippen molar-refractivity contribution in [3.63, 3.8) is 0 Å². The van der Waals surface area contributed by atoms with Gasteiger partial charge in [-0.1, -0.05) is 6.07 Å². The minimum atomic E-state index is -1.08. The van der Waals surface area contributed by atoms with Crippen molar-refractivity contribution >= 4 is 33.7 Å². The Morgan fingerprint density at radius 1 is 1.03 bits per heavy atom. The number of pyridine rings is 1. The molecule has 2 fully saturated rings. The van der Waals surface area contributed by atoms with Gasteiger partial charge in [0.05, 0.1) is 12.7 Å². The summed E-state index contributed by atoms with van der Waals surface area (Å²) < 4.78 is 5.92. The highest BCUT2D eigenvalue weighted by molar-refractivity contribution is 9.10. The molecule has 3 amide bonds. The number of aromatic nitrogens is 1. The number of methoxy groups -OCH3 is 1. The maximum Gasteiger partial charge on any atom is 0.264 e. The molecule has 10 heteroatoms. The first-order valence-corrected chi connectivity index (χ1v) is 12.6. The normalized spacial score (nSPS) is 22.4. The monoisotopic (exact) mass is 543 g/mol. The molecule has 1 unspecified atom stereocenters. The Bertz CT molecular complexity index is 1090. The third kappa shape index (κ3) is 5.82. The zero-order valence-corrected chi connectivity index (χ0v) is 21.2. The summed E-state index contributed by atoms with van der Waals surface area (Å²) in [6.45, 7) is 0.699. The fraction of sp³-hybridized carbons (Fsp3) is 0.440. The SMILES string of the molecule is COc1cccc(C(=O)N2CCCN(C(=O)c3cncc(Br)c3)C2C(=O)NC2CCC(N)CC2)c1. The van der Waals surface area contributed by atoms with Crippen LogP contribution in [0.4, 0.5) is 0 Å². The number of carbonyl (C=O) groups is 3. The van der Waals surface area contributed by atoms with Crippen LogP contribution in [0.3, 0.4) is 0 Å². The van der Waals surface area contributed by atoms with Gasteiger partial charge in [0.2, 0.25) is 0 Å². The summed E-state index contributed by atoms with van der Waals surface area (Å²) in [6.07, 6.45) is 5.72. The molecule has 2 aliphatic rings. The highest BCUT2D eigenvalue weighted by Crippen LogP contribution is 2.24. The molecule has 0 radical (unpaired) electrons. The van der Waals surface area contributed by atoms with Crippen LogP contribution >= 0.6 is 15.9 Å². The molecule has 1 aromatic carbocycles. The number of benzene rings is 1. The van der Waals surface area contributed by atoms with Crippen LogP contribution in [0, 0.1) is 0 Å². The number of amides is 3. The predicted octanol–water partition coefficient (Wildman–Crippen LogP) is 2.55. The molecule has 186 valence electrons. The molecule has 4 rings (SSSR count). The van der Waals surface area contributed by atoms with Crippen LogP contribution in [0.1, 0.15) is 52.8 Å². The minimum Gasteiger partial charge on any atom is -0.497 e. The predicted molar refractivity (Wildman–Crippen MR) is 134 cm³/mol. The lowest BCUT2D eigenvalue weighted by Crippen LogP contribution is -2.64. The van der Waals surface area contributed by atoms with Gasteiger partial charge in [-0.3, -0.25) is 19.4 Å². The van der Waals surface area contributed by atoms with Crippen LogP contribution in [0.5, 0.6) is 5.75 Å². The summed E-state index contributed by atoms with van der Waals surface area (Å²) in [6, 6.07) is 8.57. The number of halogens is 1. The van der Waals surface area contributed by atoms with E-state index in [1.165, 1.54) is 23.1 Å². The zero-order valence-electron chi connectivity index (χ0n) is 19.7. The van der Waals surface area contributed by atoms with E-state index in [0.29, 0.717) is 40.9 Å². The second-order valence-corrected chi connectivity index (χ2v) is 9.88. The Labute approximate surface area is 213 Å². The Morgan fingerprint density at radius 3 is 2.37 bits per heavy atom. The average molecular weight is 544 g/mol. The third-order valence-electron chi connectivity index (χ3n) is 6.53. The van der Waals surface area contributed by atoms with Gasteiger partial charge in [0.25, 0.3) is 17.7 Å². The van der Waals surface area contributed by atoms with Crippen molar-refractivity contribution in [3.05, 3.63) is 58.3 Å². The number of nitrogens with zero attached hydrogens (tertiary/aromatic N) is 3. The number of hydrogen-bond donors (Lipinski definition) is 2. The van der Waals surface area contributed by atoms with Crippen molar-refractivity contribution in [2.75, 3.05) is 20.2 Å². The van der Waals surface area contributed by atoms with E-state index in [0.717, 1.165) is 25.7 Å². The second-order valence-electron chi connectivity index (χ2n) is 8.97. The van der Waals surface area contributed by atoms with Crippen molar-refractivity contribution in [3.8, 4) is 5.75 Å². The van der Waals surface area contributed by atoms with E-state index in [2.05, 4.69) is 26.2 Å². The number of carbonyl (C=O) groups excluding carboxylic acids is 3. The van der Waals surface area contributed by atoms with Gasteiger partial charge in [0, 0.05) is 47.6 Å². The first kappa shape index (κ1) is 25.1. The number of rotatable bonds is 5. The first-order valence-electron chi connectivity index (χ1n) is 11.8.